The molecular formula is C13H19N3O3. The van der Waals surface area contributed by atoms with Crippen LogP contribution in [0.5, 0.6) is 5.75 Å². The van der Waals surface area contributed by atoms with E-state index < -0.39 is 0 Å². The van der Waals surface area contributed by atoms with Crippen LogP contribution >= 0.6 is 0 Å². The lowest BCUT2D eigenvalue weighted by molar-refractivity contribution is 0.0753. The molecule has 1 rings (SSSR count). The van der Waals surface area contributed by atoms with Gasteiger partial charge < -0.3 is 20.9 Å². The minimum Gasteiger partial charge on any atom is -0.508 e. The number of nitrogens with two attached hydrogens (primary N) is 1. The molecule has 1 amide bonds. The molecule has 6 nitrogen and oxygen atoms in total. The first kappa shape index (κ1) is 14.8. The Kier molecular flexibility index (Phi) is 5.17. The number of nitrogens with zero attached hydrogens (tertiary/aromatic N) is 2. The van der Waals surface area contributed by atoms with Crippen molar-refractivity contribution < 1.29 is 15.1 Å². The first-order valence-corrected chi connectivity index (χ1v) is 6.05. The summed E-state index contributed by atoms with van der Waals surface area (Å²) in [5.41, 5.74) is 5.92. The van der Waals surface area contributed by atoms with Gasteiger partial charge in [-0.2, -0.15) is 0 Å². The molecule has 0 bridgehead atoms. The molecule has 1 aromatic rings. The van der Waals surface area contributed by atoms with Gasteiger partial charge >= 0.3 is 0 Å². The normalized spacial score (nSPS) is 13.1. The highest BCUT2D eigenvalue weighted by Crippen LogP contribution is 2.14. The summed E-state index contributed by atoms with van der Waals surface area (Å²) in [7, 11) is 0. The van der Waals surface area contributed by atoms with Crippen LogP contribution in [0.15, 0.2) is 29.4 Å². The number of rotatable bonds is 5. The van der Waals surface area contributed by atoms with E-state index in [1.165, 1.54) is 12.1 Å². The number of carbonyl (C=O) groups excluding carboxylic acids is 1. The highest BCUT2D eigenvalue weighted by atomic mass is 16.4. The fraction of sp³-hybridized carbons (Fsp3) is 0.385. The fourth-order valence-electron chi connectivity index (χ4n) is 1.70. The topological polar surface area (TPSA) is 99.1 Å². The lowest BCUT2D eigenvalue weighted by Crippen LogP contribution is -2.38. The standard InChI is InChI=1S/C13H19N3O3/c1-3-16(8-9(2)12(14)15-19)13(18)10-5-4-6-11(17)7-10/h4-7,9,17,19H,3,8H2,1-2H3,(H2,14,15). The molecule has 0 aliphatic rings. The number of phenols is 1. The minimum atomic E-state index is -0.244. The quantitative estimate of drug-likeness (QED) is 0.323. The van der Waals surface area contributed by atoms with E-state index in [9.17, 15) is 9.90 Å². The smallest absolute Gasteiger partial charge is 0.253 e. The molecule has 0 saturated carbocycles. The number of carbonyl (C=O) groups is 1. The van der Waals surface area contributed by atoms with Gasteiger partial charge in [-0.05, 0) is 25.1 Å². The first-order valence-electron chi connectivity index (χ1n) is 6.05. The van der Waals surface area contributed by atoms with Gasteiger partial charge in [0.2, 0.25) is 0 Å². The van der Waals surface area contributed by atoms with Gasteiger partial charge in [0, 0.05) is 24.6 Å². The molecule has 104 valence electrons. The van der Waals surface area contributed by atoms with Crippen molar-refractivity contribution in [2.75, 3.05) is 13.1 Å². The van der Waals surface area contributed by atoms with Crippen molar-refractivity contribution in [3.63, 3.8) is 0 Å². The largest absolute Gasteiger partial charge is 0.508 e. The molecule has 0 aliphatic carbocycles. The second kappa shape index (κ2) is 6.63. The zero-order chi connectivity index (χ0) is 14.4. The van der Waals surface area contributed by atoms with Crippen molar-refractivity contribution in [3.05, 3.63) is 29.8 Å². The summed E-state index contributed by atoms with van der Waals surface area (Å²) in [6.45, 7) is 4.46. The lowest BCUT2D eigenvalue weighted by Gasteiger charge is -2.24. The first-order chi connectivity index (χ1) is 8.99. The van der Waals surface area contributed by atoms with Crippen LogP contribution in [0.25, 0.3) is 0 Å². The molecule has 0 spiro atoms. The molecule has 0 saturated heterocycles. The number of phenolic OH excluding ortho intramolecular Hbond substituents is 1. The summed E-state index contributed by atoms with van der Waals surface area (Å²) in [5, 5.41) is 20.9. The zero-order valence-electron chi connectivity index (χ0n) is 11.1. The Bertz CT molecular complexity index is 474. The second-order valence-corrected chi connectivity index (χ2v) is 4.32. The van der Waals surface area contributed by atoms with Gasteiger partial charge in [-0.1, -0.05) is 18.1 Å². The summed E-state index contributed by atoms with van der Waals surface area (Å²) < 4.78 is 0. The molecule has 1 atom stereocenters. The number of amidine groups is 1. The Morgan fingerprint density at radius 2 is 2.21 bits per heavy atom. The van der Waals surface area contributed by atoms with Gasteiger partial charge in [0.25, 0.3) is 5.91 Å². The predicted molar refractivity (Wildman–Crippen MR) is 72.3 cm³/mol. The highest BCUT2D eigenvalue weighted by Gasteiger charge is 2.19. The van der Waals surface area contributed by atoms with Crippen LogP contribution in [-0.4, -0.2) is 40.0 Å². The van der Waals surface area contributed by atoms with E-state index >= 15 is 0 Å². The SMILES string of the molecule is CCN(CC(C)C(N)=NO)C(=O)c1cccc(O)c1. The van der Waals surface area contributed by atoms with E-state index in [-0.39, 0.29) is 23.4 Å². The molecular weight excluding hydrogens is 246 g/mol. The van der Waals surface area contributed by atoms with Crippen molar-refractivity contribution in [1.82, 2.24) is 4.90 Å². The van der Waals surface area contributed by atoms with Crippen molar-refractivity contribution in [1.29, 1.82) is 0 Å². The van der Waals surface area contributed by atoms with Crippen LogP contribution in [0.2, 0.25) is 0 Å². The second-order valence-electron chi connectivity index (χ2n) is 4.32. The Morgan fingerprint density at radius 3 is 2.74 bits per heavy atom. The van der Waals surface area contributed by atoms with E-state index in [1.807, 2.05) is 6.92 Å². The van der Waals surface area contributed by atoms with Gasteiger partial charge in [0.1, 0.15) is 11.6 Å². The Labute approximate surface area is 112 Å². The number of oxime groups is 1. The van der Waals surface area contributed by atoms with Crippen LogP contribution in [0, 0.1) is 5.92 Å². The van der Waals surface area contributed by atoms with E-state index in [0.29, 0.717) is 18.7 Å². The van der Waals surface area contributed by atoms with Crippen LogP contribution in [0.4, 0.5) is 0 Å². The molecule has 0 aliphatic heterocycles. The summed E-state index contributed by atoms with van der Waals surface area (Å²) in [6.07, 6.45) is 0. The van der Waals surface area contributed by atoms with Crippen LogP contribution < -0.4 is 5.73 Å². The highest BCUT2D eigenvalue weighted by molar-refractivity contribution is 5.95. The van der Waals surface area contributed by atoms with Crippen LogP contribution in [0.3, 0.4) is 0 Å². The van der Waals surface area contributed by atoms with Crippen molar-refractivity contribution in [2.45, 2.75) is 13.8 Å². The fourth-order valence-corrected chi connectivity index (χ4v) is 1.70. The average Bonchev–Trinajstić information content (AvgIpc) is 2.42. The Balaban J connectivity index is 2.83. The van der Waals surface area contributed by atoms with Gasteiger partial charge in [0.15, 0.2) is 0 Å². The third kappa shape index (κ3) is 3.87. The zero-order valence-corrected chi connectivity index (χ0v) is 11.1. The number of hydrogen-bond donors (Lipinski definition) is 3. The number of aromatic hydroxyl groups is 1. The number of hydrogen-bond acceptors (Lipinski definition) is 4. The molecule has 0 aromatic heterocycles. The third-order valence-corrected chi connectivity index (χ3v) is 2.88. The number of amides is 1. The Morgan fingerprint density at radius 1 is 1.53 bits per heavy atom. The summed E-state index contributed by atoms with van der Waals surface area (Å²) in [6, 6.07) is 6.17. The average molecular weight is 265 g/mol. The Hall–Kier alpha value is -2.24. The van der Waals surface area contributed by atoms with Crippen molar-refractivity contribution in [3.8, 4) is 5.75 Å². The van der Waals surface area contributed by atoms with Crippen LogP contribution in [-0.2, 0) is 0 Å². The monoisotopic (exact) mass is 265 g/mol. The summed E-state index contributed by atoms with van der Waals surface area (Å²) in [5.74, 6) is -0.309. The van der Waals surface area contributed by atoms with Crippen LogP contribution in [0.1, 0.15) is 24.2 Å². The molecule has 1 unspecified atom stereocenters. The molecule has 0 radical (unpaired) electrons. The molecule has 1 aromatic carbocycles. The van der Waals surface area contributed by atoms with Gasteiger partial charge in [-0.3, -0.25) is 4.79 Å². The third-order valence-electron chi connectivity index (χ3n) is 2.88. The van der Waals surface area contributed by atoms with E-state index in [4.69, 9.17) is 10.9 Å². The molecule has 6 heteroatoms. The lowest BCUT2D eigenvalue weighted by atomic mass is 10.1. The van der Waals surface area contributed by atoms with E-state index in [0.717, 1.165) is 0 Å². The van der Waals surface area contributed by atoms with Gasteiger partial charge in [0.05, 0.1) is 0 Å². The maximum absolute atomic E-state index is 12.2. The predicted octanol–water partition coefficient (Wildman–Crippen LogP) is 1.24. The van der Waals surface area contributed by atoms with Gasteiger partial charge in [-0.15, -0.1) is 0 Å². The summed E-state index contributed by atoms with van der Waals surface area (Å²) >= 11 is 0. The van der Waals surface area contributed by atoms with Crippen molar-refractivity contribution in [2.24, 2.45) is 16.8 Å². The maximum atomic E-state index is 12.2. The molecule has 0 fully saturated rings. The van der Waals surface area contributed by atoms with Gasteiger partial charge in [-0.25, -0.2) is 0 Å². The minimum absolute atomic E-state index is 0.0476. The maximum Gasteiger partial charge on any atom is 0.253 e. The molecule has 0 heterocycles. The van der Waals surface area contributed by atoms with E-state index in [2.05, 4.69) is 5.16 Å². The summed E-state index contributed by atoms with van der Waals surface area (Å²) in [4.78, 5) is 13.8. The van der Waals surface area contributed by atoms with Crippen molar-refractivity contribution >= 4 is 11.7 Å². The van der Waals surface area contributed by atoms with E-state index in [1.54, 1.807) is 24.0 Å². The number of benzene rings is 1. The molecule has 19 heavy (non-hydrogen) atoms. The molecule has 4 N–H and O–H groups in total.